The fraction of sp³-hybridized carbons (Fsp3) is 0.714. The van der Waals surface area contributed by atoms with Crippen molar-refractivity contribution in [1.82, 2.24) is 4.90 Å². The van der Waals surface area contributed by atoms with Crippen LogP contribution in [0.3, 0.4) is 0 Å². The van der Waals surface area contributed by atoms with Gasteiger partial charge in [0.2, 0.25) is 0 Å². The van der Waals surface area contributed by atoms with Crippen molar-refractivity contribution in [1.29, 1.82) is 0 Å². The number of carbonyl (C=O) groups is 1. The van der Waals surface area contributed by atoms with E-state index in [-0.39, 0.29) is 5.24 Å². The molecule has 0 spiro atoms. The van der Waals surface area contributed by atoms with Crippen LogP contribution in [0, 0.1) is 5.75 Å². The third-order valence-electron chi connectivity index (χ3n) is 0.956. The van der Waals surface area contributed by atoms with Gasteiger partial charge in [-0.1, -0.05) is 25.1 Å². The van der Waals surface area contributed by atoms with Gasteiger partial charge >= 0.3 is 0 Å². The molecule has 0 aromatic heterocycles. The molecule has 0 atom stereocenters. The minimum Gasteiger partial charge on any atom is -0.340 e. The summed E-state index contributed by atoms with van der Waals surface area (Å²) in [6.45, 7) is 2.09. The molecule has 0 N–H and O–H groups in total. The van der Waals surface area contributed by atoms with Crippen molar-refractivity contribution >= 4 is 17.0 Å². The van der Waals surface area contributed by atoms with E-state index in [1.54, 1.807) is 19.0 Å². The molecule has 10 heavy (non-hydrogen) atoms. The van der Waals surface area contributed by atoms with Crippen molar-refractivity contribution in [2.75, 3.05) is 14.1 Å². The number of hydrogen-bond donors (Lipinski definition) is 0. The van der Waals surface area contributed by atoms with Gasteiger partial charge in [0.1, 0.15) is 0 Å². The summed E-state index contributed by atoms with van der Waals surface area (Å²) in [6.07, 6.45) is 2.11. The van der Waals surface area contributed by atoms with Crippen LogP contribution in [0.5, 0.6) is 0 Å². The van der Waals surface area contributed by atoms with Crippen molar-refractivity contribution in [3.8, 4) is 0 Å². The van der Waals surface area contributed by atoms with Crippen LogP contribution in [0.15, 0.2) is 0 Å². The molecule has 0 rings (SSSR count). The van der Waals surface area contributed by atoms with Gasteiger partial charge in [-0.3, -0.25) is 4.79 Å². The maximum absolute atomic E-state index is 10.9. The first-order valence-electron chi connectivity index (χ1n) is 3.38. The van der Waals surface area contributed by atoms with Crippen molar-refractivity contribution in [3.05, 3.63) is 5.75 Å². The molecular weight excluding hydrogens is 146 g/mol. The molecule has 0 aliphatic heterocycles. The minimum absolute atomic E-state index is 0.105. The second kappa shape index (κ2) is 5.59. The van der Waals surface area contributed by atoms with Crippen LogP contribution in [0.25, 0.3) is 0 Å². The monoisotopic (exact) mass is 160 g/mol. The number of unbranched alkanes of at least 4 members (excludes halogenated alkanes) is 1. The zero-order valence-corrected chi connectivity index (χ0v) is 7.57. The van der Waals surface area contributed by atoms with Gasteiger partial charge in [0.15, 0.2) is 0 Å². The Bertz CT molecular complexity index is 104. The maximum atomic E-state index is 10.9. The van der Waals surface area contributed by atoms with E-state index in [0.29, 0.717) is 0 Å². The van der Waals surface area contributed by atoms with Gasteiger partial charge in [0.25, 0.3) is 5.24 Å². The summed E-state index contributed by atoms with van der Waals surface area (Å²) >= 11 is 1.27. The van der Waals surface area contributed by atoms with Gasteiger partial charge < -0.3 is 4.90 Å². The fourth-order valence-corrected chi connectivity index (χ4v) is 1.06. The number of amides is 1. The van der Waals surface area contributed by atoms with Crippen LogP contribution >= 0.6 is 11.8 Å². The molecular formula is C7H14NOS. The molecule has 0 aliphatic rings. The largest absolute Gasteiger partial charge is 0.340 e. The Hall–Kier alpha value is -0.180. The van der Waals surface area contributed by atoms with Crippen LogP contribution in [0.4, 0.5) is 4.79 Å². The lowest BCUT2D eigenvalue weighted by Crippen LogP contribution is -2.15. The van der Waals surface area contributed by atoms with E-state index >= 15 is 0 Å². The number of carbonyl (C=O) groups excluding carboxylic acids is 1. The predicted molar refractivity (Wildman–Crippen MR) is 45.9 cm³/mol. The number of nitrogens with zero attached hydrogens (tertiary/aromatic N) is 1. The molecule has 59 valence electrons. The van der Waals surface area contributed by atoms with E-state index in [2.05, 4.69) is 6.92 Å². The van der Waals surface area contributed by atoms with Gasteiger partial charge in [0, 0.05) is 19.8 Å². The number of hydrogen-bond acceptors (Lipinski definition) is 2. The van der Waals surface area contributed by atoms with E-state index in [9.17, 15) is 4.79 Å². The molecule has 2 nitrogen and oxygen atoms in total. The molecule has 0 bridgehead atoms. The van der Waals surface area contributed by atoms with E-state index < -0.39 is 0 Å². The lowest BCUT2D eigenvalue weighted by molar-refractivity contribution is 0.241. The first-order valence-corrected chi connectivity index (χ1v) is 4.26. The highest BCUT2D eigenvalue weighted by atomic mass is 32.2. The first kappa shape index (κ1) is 9.82. The molecule has 0 heterocycles. The van der Waals surface area contributed by atoms with Crippen molar-refractivity contribution in [2.45, 2.75) is 19.8 Å². The lowest BCUT2D eigenvalue weighted by Gasteiger charge is -2.07. The quantitative estimate of drug-likeness (QED) is 0.591. The zero-order valence-electron chi connectivity index (χ0n) is 6.76. The van der Waals surface area contributed by atoms with Crippen molar-refractivity contribution < 1.29 is 4.79 Å². The SMILES string of the molecule is CCC[CH]SC(=O)N(C)C. The zero-order chi connectivity index (χ0) is 7.98. The maximum Gasteiger partial charge on any atom is 0.281 e. The van der Waals surface area contributed by atoms with Crippen molar-refractivity contribution in [3.63, 3.8) is 0 Å². The molecule has 0 aromatic carbocycles. The topological polar surface area (TPSA) is 20.3 Å². The molecule has 1 radical (unpaired) electrons. The molecule has 0 aromatic rings. The standard InChI is InChI=1S/C7H14NOS/c1-4-5-6-10-7(9)8(2)3/h6H,4-5H2,1-3H3. The van der Waals surface area contributed by atoms with Gasteiger partial charge in [-0.05, 0) is 6.42 Å². The second-order valence-corrected chi connectivity index (χ2v) is 3.15. The van der Waals surface area contributed by atoms with Gasteiger partial charge in [-0.2, -0.15) is 0 Å². The van der Waals surface area contributed by atoms with Gasteiger partial charge in [-0.25, -0.2) is 0 Å². The summed E-state index contributed by atoms with van der Waals surface area (Å²) in [6, 6.07) is 0. The summed E-state index contributed by atoms with van der Waals surface area (Å²) < 4.78 is 0. The Morgan fingerprint density at radius 1 is 1.60 bits per heavy atom. The summed E-state index contributed by atoms with van der Waals surface area (Å²) in [5.41, 5.74) is 0. The molecule has 0 fully saturated rings. The smallest absolute Gasteiger partial charge is 0.281 e. The predicted octanol–water partition coefficient (Wildman–Crippen LogP) is 2.36. The van der Waals surface area contributed by atoms with Crippen molar-refractivity contribution in [2.24, 2.45) is 0 Å². The highest BCUT2D eigenvalue weighted by Gasteiger charge is 2.02. The highest BCUT2D eigenvalue weighted by molar-refractivity contribution is 8.15. The molecule has 3 heteroatoms. The molecule has 0 aliphatic carbocycles. The van der Waals surface area contributed by atoms with E-state index in [1.165, 1.54) is 11.8 Å². The molecule has 1 amide bonds. The Morgan fingerprint density at radius 2 is 2.20 bits per heavy atom. The minimum atomic E-state index is 0.105. The normalized spacial score (nSPS) is 9.50. The second-order valence-electron chi connectivity index (χ2n) is 2.23. The van der Waals surface area contributed by atoms with E-state index in [4.69, 9.17) is 0 Å². The van der Waals surface area contributed by atoms with Crippen LogP contribution in [0.1, 0.15) is 19.8 Å². The Morgan fingerprint density at radius 3 is 2.60 bits per heavy atom. The van der Waals surface area contributed by atoms with Gasteiger partial charge in [0.05, 0.1) is 0 Å². The van der Waals surface area contributed by atoms with Crippen LogP contribution in [0.2, 0.25) is 0 Å². The summed E-state index contributed by atoms with van der Waals surface area (Å²) in [4.78, 5) is 12.5. The van der Waals surface area contributed by atoms with Crippen LogP contribution in [-0.4, -0.2) is 24.2 Å². The summed E-state index contributed by atoms with van der Waals surface area (Å²) in [5, 5.41) is 0.105. The van der Waals surface area contributed by atoms with Crippen LogP contribution < -0.4 is 0 Å². The Balaban J connectivity index is 3.22. The third kappa shape index (κ3) is 4.68. The number of thioether (sulfide) groups is 1. The summed E-state index contributed by atoms with van der Waals surface area (Å²) in [5.74, 6) is 1.95. The highest BCUT2D eigenvalue weighted by Crippen LogP contribution is 2.13. The average molecular weight is 160 g/mol. The Labute approximate surface area is 67.0 Å². The van der Waals surface area contributed by atoms with E-state index in [1.807, 2.05) is 5.75 Å². The fourth-order valence-electron chi connectivity index (χ4n) is 0.353. The summed E-state index contributed by atoms with van der Waals surface area (Å²) in [7, 11) is 3.52. The Kier molecular flexibility index (Phi) is 5.49. The third-order valence-corrected chi connectivity index (χ3v) is 1.92. The average Bonchev–Trinajstić information content (AvgIpc) is 1.88. The molecule has 0 saturated carbocycles. The first-order chi connectivity index (χ1) is 4.68. The number of rotatable bonds is 3. The van der Waals surface area contributed by atoms with Crippen LogP contribution in [-0.2, 0) is 0 Å². The molecule has 0 saturated heterocycles. The lowest BCUT2D eigenvalue weighted by atomic mass is 10.4. The van der Waals surface area contributed by atoms with E-state index in [0.717, 1.165) is 12.8 Å². The molecule has 0 unspecified atom stereocenters. The van der Waals surface area contributed by atoms with Gasteiger partial charge in [-0.15, -0.1) is 0 Å².